The van der Waals surface area contributed by atoms with Crippen LogP contribution < -0.4 is 10.2 Å². The summed E-state index contributed by atoms with van der Waals surface area (Å²) in [6.07, 6.45) is 1.13. The summed E-state index contributed by atoms with van der Waals surface area (Å²) >= 11 is 0. The number of benzene rings is 1. The fraction of sp³-hybridized carbons (Fsp3) is 0.450. The molecule has 150 valence electrons. The molecular formula is C20H26N4O4. The number of nitrogens with one attached hydrogen (secondary N) is 1. The fourth-order valence-corrected chi connectivity index (χ4v) is 3.47. The summed E-state index contributed by atoms with van der Waals surface area (Å²) in [5.74, 6) is -0.635. The normalized spacial score (nSPS) is 15.0. The van der Waals surface area contributed by atoms with E-state index in [1.807, 2.05) is 0 Å². The molecule has 1 aliphatic heterocycles. The van der Waals surface area contributed by atoms with Crippen LogP contribution in [0.15, 0.2) is 24.3 Å². The molecule has 1 fully saturated rings. The van der Waals surface area contributed by atoms with E-state index >= 15 is 0 Å². The molecule has 28 heavy (non-hydrogen) atoms. The second kappa shape index (κ2) is 8.99. The third kappa shape index (κ3) is 4.58. The van der Waals surface area contributed by atoms with Gasteiger partial charge in [-0.1, -0.05) is 6.92 Å². The maximum atomic E-state index is 11.9. The molecule has 0 aliphatic carbocycles. The van der Waals surface area contributed by atoms with Gasteiger partial charge in [-0.3, -0.25) is 9.69 Å². The summed E-state index contributed by atoms with van der Waals surface area (Å²) in [4.78, 5) is 32.8. The Kier molecular flexibility index (Phi) is 6.43. The van der Waals surface area contributed by atoms with E-state index in [1.165, 1.54) is 7.11 Å². The number of carbonyl (C=O) groups excluding carboxylic acids is 1. The average Bonchev–Trinajstić information content (AvgIpc) is 2.68. The lowest BCUT2D eigenvalue weighted by Gasteiger charge is -2.35. The quantitative estimate of drug-likeness (QED) is 0.752. The fourth-order valence-electron chi connectivity index (χ4n) is 3.47. The molecule has 8 heteroatoms. The number of carboxylic acid groups (broad SMARTS) is 1. The standard InChI is InChI=1S/C20H26N4O4/c1-3-6-23-7-9-24(10-8-23)18-12-16(20(26)27)15-11-14(4-5-17(15)22-18)21-19(25)13-28-2/h4-5,11-12H,3,6-10,13H2,1-2H3,(H,21,25)(H,26,27). The molecule has 0 bridgehead atoms. The predicted octanol–water partition coefficient (Wildman–Crippen LogP) is 2.05. The van der Waals surface area contributed by atoms with E-state index in [0.717, 1.165) is 39.1 Å². The summed E-state index contributed by atoms with van der Waals surface area (Å²) in [6, 6.07) is 6.72. The van der Waals surface area contributed by atoms with Gasteiger partial charge in [0.2, 0.25) is 5.91 Å². The Balaban J connectivity index is 1.88. The number of carbonyl (C=O) groups is 2. The molecule has 1 aliphatic rings. The number of carboxylic acids is 1. The lowest BCUT2D eigenvalue weighted by atomic mass is 10.1. The van der Waals surface area contributed by atoms with Crippen molar-refractivity contribution in [1.82, 2.24) is 9.88 Å². The Morgan fingerprint density at radius 1 is 1.21 bits per heavy atom. The highest BCUT2D eigenvalue weighted by Gasteiger charge is 2.20. The highest BCUT2D eigenvalue weighted by Crippen LogP contribution is 2.26. The molecule has 2 aromatic rings. The number of anilines is 2. The lowest BCUT2D eigenvalue weighted by molar-refractivity contribution is -0.119. The van der Waals surface area contributed by atoms with E-state index in [-0.39, 0.29) is 18.1 Å². The first-order valence-corrected chi connectivity index (χ1v) is 9.46. The van der Waals surface area contributed by atoms with Gasteiger partial charge in [-0.05, 0) is 37.2 Å². The van der Waals surface area contributed by atoms with Gasteiger partial charge < -0.3 is 20.1 Å². The molecule has 3 rings (SSSR count). The van der Waals surface area contributed by atoms with Crippen LogP contribution in [0.1, 0.15) is 23.7 Å². The Morgan fingerprint density at radius 2 is 1.96 bits per heavy atom. The predicted molar refractivity (Wildman–Crippen MR) is 108 cm³/mol. The van der Waals surface area contributed by atoms with E-state index in [0.29, 0.717) is 22.4 Å². The smallest absolute Gasteiger partial charge is 0.336 e. The molecule has 8 nitrogen and oxygen atoms in total. The monoisotopic (exact) mass is 386 g/mol. The highest BCUT2D eigenvalue weighted by atomic mass is 16.5. The molecule has 1 amide bonds. The van der Waals surface area contributed by atoms with Crippen LogP contribution >= 0.6 is 0 Å². The van der Waals surface area contributed by atoms with Crippen molar-refractivity contribution in [1.29, 1.82) is 0 Å². The molecule has 1 saturated heterocycles. The maximum absolute atomic E-state index is 11.9. The Bertz CT molecular complexity index is 863. The van der Waals surface area contributed by atoms with Crippen LogP contribution in [0.2, 0.25) is 0 Å². The van der Waals surface area contributed by atoms with Crippen LogP contribution in [-0.4, -0.2) is 73.3 Å². The van der Waals surface area contributed by atoms with E-state index in [1.54, 1.807) is 24.3 Å². The second-order valence-electron chi connectivity index (χ2n) is 6.87. The maximum Gasteiger partial charge on any atom is 0.336 e. The van der Waals surface area contributed by atoms with Crippen LogP contribution in [0.4, 0.5) is 11.5 Å². The molecule has 1 aromatic heterocycles. The number of hydrogen-bond donors (Lipinski definition) is 2. The van der Waals surface area contributed by atoms with Gasteiger partial charge in [-0.15, -0.1) is 0 Å². The number of methoxy groups -OCH3 is 1. The zero-order valence-corrected chi connectivity index (χ0v) is 16.3. The number of aromatic nitrogens is 1. The first-order valence-electron chi connectivity index (χ1n) is 9.46. The van der Waals surface area contributed by atoms with Gasteiger partial charge in [0.1, 0.15) is 12.4 Å². The van der Waals surface area contributed by atoms with Crippen molar-refractivity contribution in [2.24, 2.45) is 0 Å². The molecule has 0 spiro atoms. The van der Waals surface area contributed by atoms with Crippen molar-refractivity contribution in [3.8, 4) is 0 Å². The largest absolute Gasteiger partial charge is 0.478 e. The number of hydrogen-bond acceptors (Lipinski definition) is 6. The van der Waals surface area contributed by atoms with Crippen molar-refractivity contribution in [2.45, 2.75) is 13.3 Å². The van der Waals surface area contributed by atoms with Gasteiger partial charge in [0.05, 0.1) is 11.1 Å². The summed E-state index contributed by atoms with van der Waals surface area (Å²) < 4.78 is 4.80. The Labute approximate surface area is 164 Å². The van der Waals surface area contributed by atoms with Crippen LogP contribution in [0.5, 0.6) is 0 Å². The van der Waals surface area contributed by atoms with E-state index < -0.39 is 5.97 Å². The molecule has 1 aromatic carbocycles. The number of aromatic carboxylic acids is 1. The molecule has 0 radical (unpaired) electrons. The van der Waals surface area contributed by atoms with Crippen molar-refractivity contribution in [3.63, 3.8) is 0 Å². The number of piperazine rings is 1. The Hall–Kier alpha value is -2.71. The molecule has 0 unspecified atom stereocenters. The van der Waals surface area contributed by atoms with Crippen LogP contribution in [0.3, 0.4) is 0 Å². The topological polar surface area (TPSA) is 95.0 Å². The van der Waals surface area contributed by atoms with Gasteiger partial charge in [0.15, 0.2) is 0 Å². The Morgan fingerprint density at radius 3 is 2.61 bits per heavy atom. The molecule has 0 saturated carbocycles. The minimum Gasteiger partial charge on any atom is -0.478 e. The van der Waals surface area contributed by atoms with Crippen LogP contribution in [0, 0.1) is 0 Å². The van der Waals surface area contributed by atoms with Crippen LogP contribution in [0.25, 0.3) is 10.9 Å². The molecule has 2 heterocycles. The van der Waals surface area contributed by atoms with Gasteiger partial charge in [0, 0.05) is 44.4 Å². The summed E-state index contributed by atoms with van der Waals surface area (Å²) in [7, 11) is 1.44. The number of ether oxygens (including phenoxy) is 1. The average molecular weight is 386 g/mol. The van der Waals surface area contributed by atoms with E-state index in [2.05, 4.69) is 27.0 Å². The second-order valence-corrected chi connectivity index (χ2v) is 6.87. The lowest BCUT2D eigenvalue weighted by Crippen LogP contribution is -2.46. The number of rotatable bonds is 7. The molecule has 0 atom stereocenters. The summed E-state index contributed by atoms with van der Waals surface area (Å²) in [5, 5.41) is 12.9. The zero-order valence-electron chi connectivity index (χ0n) is 16.3. The summed E-state index contributed by atoms with van der Waals surface area (Å²) in [5.41, 5.74) is 1.29. The number of nitrogens with zero attached hydrogens (tertiary/aromatic N) is 3. The van der Waals surface area contributed by atoms with Crippen molar-refractivity contribution >= 4 is 34.3 Å². The first-order chi connectivity index (χ1) is 13.5. The molecule has 2 N–H and O–H groups in total. The van der Waals surface area contributed by atoms with Gasteiger partial charge in [-0.2, -0.15) is 0 Å². The van der Waals surface area contributed by atoms with Gasteiger partial charge in [0.25, 0.3) is 0 Å². The minimum absolute atomic E-state index is 0.0645. The number of pyridine rings is 1. The highest BCUT2D eigenvalue weighted by molar-refractivity contribution is 6.05. The van der Waals surface area contributed by atoms with Crippen LogP contribution in [-0.2, 0) is 9.53 Å². The van der Waals surface area contributed by atoms with E-state index in [9.17, 15) is 14.7 Å². The number of amides is 1. The van der Waals surface area contributed by atoms with Gasteiger partial charge in [-0.25, -0.2) is 9.78 Å². The SMILES string of the molecule is CCCN1CCN(c2cc(C(=O)O)c3cc(NC(=O)COC)ccc3n2)CC1. The first kappa shape index (κ1) is 20.0. The third-order valence-electron chi connectivity index (χ3n) is 4.82. The summed E-state index contributed by atoms with van der Waals surface area (Å²) in [6.45, 7) is 6.72. The molecular weight excluding hydrogens is 360 g/mol. The zero-order chi connectivity index (χ0) is 20.1. The third-order valence-corrected chi connectivity index (χ3v) is 4.82. The van der Waals surface area contributed by atoms with E-state index in [4.69, 9.17) is 4.74 Å². The van der Waals surface area contributed by atoms with Crippen molar-refractivity contribution in [3.05, 3.63) is 29.8 Å². The number of fused-ring (bicyclic) bond motifs is 1. The van der Waals surface area contributed by atoms with Gasteiger partial charge >= 0.3 is 5.97 Å². The minimum atomic E-state index is -1.02. The van der Waals surface area contributed by atoms with Crippen molar-refractivity contribution < 1.29 is 19.4 Å². The van der Waals surface area contributed by atoms with Crippen molar-refractivity contribution in [2.75, 3.05) is 56.7 Å².